The number of rotatable bonds is 2. The normalized spacial score (nSPS) is 10.5. The van der Waals surface area contributed by atoms with Gasteiger partial charge in [0.1, 0.15) is 5.51 Å². The Labute approximate surface area is 78.0 Å². The number of carbonyl (C=O) groups excluding carboxylic acids is 1. The standard InChI is InChI=1S/C7H7N3O2S/c1-2-12-6(11)5-3-10-7(9-5)13-4-8-10/h3-4H,2H2,1H3. The molecule has 0 aliphatic heterocycles. The Bertz CT molecular complexity index is 405. The lowest BCUT2D eigenvalue weighted by molar-refractivity contribution is 0.0520. The Morgan fingerprint density at radius 3 is 3.31 bits per heavy atom. The molecule has 0 unspecified atom stereocenters. The number of hydrogen-bond donors (Lipinski definition) is 0. The number of imidazole rings is 1. The van der Waals surface area contributed by atoms with Crippen molar-refractivity contribution in [3.8, 4) is 0 Å². The molecule has 0 aromatic carbocycles. The molecule has 5 nitrogen and oxygen atoms in total. The highest BCUT2D eigenvalue weighted by Crippen LogP contribution is 2.09. The first-order valence-corrected chi connectivity index (χ1v) is 4.65. The van der Waals surface area contributed by atoms with Crippen LogP contribution >= 0.6 is 11.3 Å². The van der Waals surface area contributed by atoms with Crippen LogP contribution in [0.2, 0.25) is 0 Å². The Balaban J connectivity index is 2.34. The van der Waals surface area contributed by atoms with Crippen LogP contribution in [0.25, 0.3) is 4.96 Å². The van der Waals surface area contributed by atoms with Crippen molar-refractivity contribution < 1.29 is 9.53 Å². The number of ether oxygens (including phenoxy) is 1. The predicted octanol–water partition coefficient (Wildman–Crippen LogP) is 0.968. The van der Waals surface area contributed by atoms with Crippen molar-refractivity contribution in [1.82, 2.24) is 14.6 Å². The van der Waals surface area contributed by atoms with E-state index in [9.17, 15) is 4.79 Å². The van der Waals surface area contributed by atoms with Gasteiger partial charge in [-0.3, -0.25) is 0 Å². The largest absolute Gasteiger partial charge is 0.461 e. The maximum Gasteiger partial charge on any atom is 0.358 e. The molecule has 0 amide bonds. The first-order chi connectivity index (χ1) is 6.31. The van der Waals surface area contributed by atoms with Crippen LogP contribution in [0.15, 0.2) is 11.7 Å². The van der Waals surface area contributed by atoms with E-state index in [4.69, 9.17) is 4.74 Å². The van der Waals surface area contributed by atoms with E-state index in [0.29, 0.717) is 17.3 Å². The van der Waals surface area contributed by atoms with E-state index in [1.165, 1.54) is 11.3 Å². The van der Waals surface area contributed by atoms with Crippen LogP contribution in [-0.4, -0.2) is 27.2 Å². The van der Waals surface area contributed by atoms with Crippen LogP contribution in [0.1, 0.15) is 17.4 Å². The van der Waals surface area contributed by atoms with Gasteiger partial charge in [0.25, 0.3) is 0 Å². The fraction of sp³-hybridized carbons (Fsp3) is 0.286. The molecule has 6 heteroatoms. The van der Waals surface area contributed by atoms with Crippen molar-refractivity contribution in [2.24, 2.45) is 0 Å². The smallest absolute Gasteiger partial charge is 0.358 e. The molecule has 0 fully saturated rings. The molecule has 0 aliphatic carbocycles. The van der Waals surface area contributed by atoms with Crippen molar-refractivity contribution in [2.75, 3.05) is 6.61 Å². The highest BCUT2D eigenvalue weighted by Gasteiger charge is 2.12. The minimum Gasteiger partial charge on any atom is -0.461 e. The average molecular weight is 197 g/mol. The summed E-state index contributed by atoms with van der Waals surface area (Å²) >= 11 is 1.38. The van der Waals surface area contributed by atoms with E-state index >= 15 is 0 Å². The van der Waals surface area contributed by atoms with Gasteiger partial charge in [-0.1, -0.05) is 11.3 Å². The molecular weight excluding hydrogens is 190 g/mol. The molecule has 0 spiro atoms. The second-order valence-corrected chi connectivity index (χ2v) is 3.12. The topological polar surface area (TPSA) is 56.5 Å². The minimum atomic E-state index is -0.403. The molecule has 2 rings (SSSR count). The van der Waals surface area contributed by atoms with Gasteiger partial charge in [0.2, 0.25) is 4.96 Å². The number of hydrogen-bond acceptors (Lipinski definition) is 5. The van der Waals surface area contributed by atoms with Crippen LogP contribution in [0.5, 0.6) is 0 Å². The van der Waals surface area contributed by atoms with E-state index in [-0.39, 0.29) is 0 Å². The molecular formula is C7H7N3O2S. The Hall–Kier alpha value is -1.43. The van der Waals surface area contributed by atoms with Crippen molar-refractivity contribution in [2.45, 2.75) is 6.92 Å². The van der Waals surface area contributed by atoms with Crippen LogP contribution in [-0.2, 0) is 4.74 Å². The van der Waals surface area contributed by atoms with E-state index < -0.39 is 5.97 Å². The lowest BCUT2D eigenvalue weighted by Gasteiger charge is -1.94. The molecule has 0 N–H and O–H groups in total. The molecule has 2 heterocycles. The second-order valence-electron chi connectivity index (χ2n) is 2.31. The molecule has 68 valence electrons. The van der Waals surface area contributed by atoms with Crippen LogP contribution < -0.4 is 0 Å². The summed E-state index contributed by atoms with van der Waals surface area (Å²) in [4.78, 5) is 15.9. The SMILES string of the molecule is CCOC(=O)c1cn2ncsc2n1. The third kappa shape index (κ3) is 1.40. The molecule has 0 radical (unpaired) electrons. The van der Waals surface area contributed by atoms with Crippen LogP contribution in [0.4, 0.5) is 0 Å². The van der Waals surface area contributed by atoms with Gasteiger partial charge in [0, 0.05) is 0 Å². The quantitative estimate of drug-likeness (QED) is 0.673. The second kappa shape index (κ2) is 3.14. The van der Waals surface area contributed by atoms with Crippen LogP contribution in [0, 0.1) is 0 Å². The van der Waals surface area contributed by atoms with E-state index in [1.807, 2.05) is 0 Å². The number of esters is 1. The highest BCUT2D eigenvalue weighted by atomic mass is 32.1. The van der Waals surface area contributed by atoms with Crippen molar-refractivity contribution >= 4 is 22.3 Å². The fourth-order valence-electron chi connectivity index (χ4n) is 0.942. The Kier molecular flexibility index (Phi) is 1.97. The summed E-state index contributed by atoms with van der Waals surface area (Å²) in [6, 6.07) is 0. The summed E-state index contributed by atoms with van der Waals surface area (Å²) in [5.41, 5.74) is 1.97. The molecule has 2 aromatic heterocycles. The van der Waals surface area contributed by atoms with E-state index in [2.05, 4.69) is 10.1 Å². The summed E-state index contributed by atoms with van der Waals surface area (Å²) in [5.74, 6) is -0.403. The fourth-order valence-corrected chi connectivity index (χ4v) is 1.54. The maximum absolute atomic E-state index is 11.2. The van der Waals surface area contributed by atoms with Crippen molar-refractivity contribution in [1.29, 1.82) is 0 Å². The summed E-state index contributed by atoms with van der Waals surface area (Å²) in [7, 11) is 0. The lowest BCUT2D eigenvalue weighted by Crippen LogP contribution is -2.04. The highest BCUT2D eigenvalue weighted by molar-refractivity contribution is 7.14. The number of fused-ring (bicyclic) bond motifs is 1. The zero-order chi connectivity index (χ0) is 9.26. The zero-order valence-corrected chi connectivity index (χ0v) is 7.74. The minimum absolute atomic E-state index is 0.307. The number of carbonyl (C=O) groups is 1. The molecule has 2 aromatic rings. The lowest BCUT2D eigenvalue weighted by atomic mass is 10.5. The molecule has 13 heavy (non-hydrogen) atoms. The first-order valence-electron chi connectivity index (χ1n) is 3.77. The third-order valence-electron chi connectivity index (χ3n) is 1.47. The average Bonchev–Trinajstić information content (AvgIpc) is 2.61. The summed E-state index contributed by atoms with van der Waals surface area (Å²) in [5, 5.41) is 3.95. The summed E-state index contributed by atoms with van der Waals surface area (Å²) < 4.78 is 6.34. The van der Waals surface area contributed by atoms with E-state index in [0.717, 1.165) is 0 Å². The summed E-state index contributed by atoms with van der Waals surface area (Å²) in [6.07, 6.45) is 1.56. The van der Waals surface area contributed by atoms with Gasteiger partial charge in [-0.25, -0.2) is 14.3 Å². The van der Waals surface area contributed by atoms with Crippen molar-refractivity contribution in [3.63, 3.8) is 0 Å². The van der Waals surface area contributed by atoms with Gasteiger partial charge in [0.05, 0.1) is 12.8 Å². The van der Waals surface area contributed by atoms with Gasteiger partial charge in [-0.05, 0) is 6.92 Å². The molecule has 0 saturated carbocycles. The van der Waals surface area contributed by atoms with Crippen molar-refractivity contribution in [3.05, 3.63) is 17.4 Å². The van der Waals surface area contributed by atoms with Gasteiger partial charge >= 0.3 is 5.97 Å². The third-order valence-corrected chi connectivity index (χ3v) is 2.16. The molecule has 0 aliphatic rings. The Morgan fingerprint density at radius 2 is 2.62 bits per heavy atom. The van der Waals surface area contributed by atoms with Crippen LogP contribution in [0.3, 0.4) is 0 Å². The zero-order valence-electron chi connectivity index (χ0n) is 6.93. The first kappa shape index (κ1) is 8.18. The van der Waals surface area contributed by atoms with Gasteiger partial charge in [0.15, 0.2) is 5.69 Å². The summed E-state index contributed by atoms with van der Waals surface area (Å²) in [6.45, 7) is 2.12. The number of nitrogens with zero attached hydrogens (tertiary/aromatic N) is 3. The van der Waals surface area contributed by atoms with Gasteiger partial charge in [-0.15, -0.1) is 0 Å². The molecule has 0 saturated heterocycles. The molecule has 0 atom stereocenters. The monoisotopic (exact) mass is 197 g/mol. The van der Waals surface area contributed by atoms with Gasteiger partial charge < -0.3 is 4.74 Å². The Morgan fingerprint density at radius 1 is 1.77 bits per heavy atom. The number of aromatic nitrogens is 3. The molecule has 0 bridgehead atoms. The predicted molar refractivity (Wildman–Crippen MR) is 46.8 cm³/mol. The maximum atomic E-state index is 11.2. The van der Waals surface area contributed by atoms with Gasteiger partial charge in [-0.2, -0.15) is 5.10 Å². The van der Waals surface area contributed by atoms with E-state index in [1.54, 1.807) is 23.1 Å².